The molecule has 180 valence electrons. The average Bonchev–Trinajstić information content (AvgIpc) is 3.32. The molecule has 0 atom stereocenters. The summed E-state index contributed by atoms with van der Waals surface area (Å²) in [6.45, 7) is 6.23. The quantitative estimate of drug-likeness (QED) is 0.246. The maximum atomic E-state index is 13.6. The molecule has 5 rings (SSSR count). The van der Waals surface area contributed by atoms with Gasteiger partial charge in [-0.1, -0.05) is 79.5 Å². The van der Waals surface area contributed by atoms with Gasteiger partial charge in [-0.15, -0.1) is 11.3 Å². The summed E-state index contributed by atoms with van der Waals surface area (Å²) in [6.07, 6.45) is 0. The fraction of sp³-hybridized carbons (Fsp3) is 0.138. The molecule has 0 saturated carbocycles. The van der Waals surface area contributed by atoms with Crippen LogP contribution < -0.4 is 5.32 Å². The molecule has 1 N–H and O–H groups in total. The van der Waals surface area contributed by atoms with Crippen LogP contribution >= 0.6 is 34.5 Å². The molecule has 0 aliphatic rings. The van der Waals surface area contributed by atoms with E-state index < -0.39 is 0 Å². The van der Waals surface area contributed by atoms with Crippen molar-refractivity contribution in [3.8, 4) is 22.5 Å². The number of thiazole rings is 1. The Balaban J connectivity index is 1.51. The van der Waals surface area contributed by atoms with Gasteiger partial charge in [0.1, 0.15) is 0 Å². The van der Waals surface area contributed by atoms with Crippen LogP contribution in [0, 0.1) is 6.92 Å². The molecule has 0 aliphatic carbocycles. The van der Waals surface area contributed by atoms with E-state index in [4.69, 9.17) is 28.2 Å². The number of nitrogens with zero attached hydrogens (tertiary/aromatic N) is 2. The van der Waals surface area contributed by atoms with Crippen LogP contribution in [0.15, 0.2) is 72.1 Å². The smallest absolute Gasteiger partial charge is 0.258 e. The van der Waals surface area contributed by atoms with Crippen LogP contribution in [0.5, 0.6) is 0 Å². The number of rotatable bonds is 5. The second-order valence-corrected chi connectivity index (χ2v) is 10.6. The Morgan fingerprint density at radius 2 is 1.72 bits per heavy atom. The summed E-state index contributed by atoms with van der Waals surface area (Å²) >= 11 is 14.0. The molecule has 0 unspecified atom stereocenters. The minimum Gasteiger partial charge on any atom is -0.298 e. The Hall–Kier alpha value is -3.25. The molecule has 36 heavy (non-hydrogen) atoms. The second kappa shape index (κ2) is 10.0. The lowest BCUT2D eigenvalue weighted by Gasteiger charge is -2.15. The summed E-state index contributed by atoms with van der Waals surface area (Å²) in [6, 6.07) is 21.2. The summed E-state index contributed by atoms with van der Waals surface area (Å²) in [5.41, 5.74) is 6.47. The predicted molar refractivity (Wildman–Crippen MR) is 152 cm³/mol. The number of para-hydroxylation sites is 1. The molecule has 2 heterocycles. The van der Waals surface area contributed by atoms with Crippen molar-refractivity contribution in [3.05, 3.63) is 98.8 Å². The molecule has 2 aromatic heterocycles. The first-order valence-corrected chi connectivity index (χ1v) is 13.2. The predicted octanol–water partition coefficient (Wildman–Crippen LogP) is 9.02. The van der Waals surface area contributed by atoms with Crippen LogP contribution in [0.4, 0.5) is 5.13 Å². The summed E-state index contributed by atoms with van der Waals surface area (Å²) in [5.74, 6) is 0.226. The fourth-order valence-electron chi connectivity index (χ4n) is 4.21. The van der Waals surface area contributed by atoms with Gasteiger partial charge in [0.25, 0.3) is 5.91 Å². The Bertz CT molecular complexity index is 1590. The number of anilines is 1. The molecule has 0 aliphatic heterocycles. The summed E-state index contributed by atoms with van der Waals surface area (Å²) < 4.78 is 0. The maximum Gasteiger partial charge on any atom is 0.258 e. The van der Waals surface area contributed by atoms with E-state index in [0.29, 0.717) is 37.9 Å². The fourth-order valence-corrected chi connectivity index (χ4v) is 5.42. The summed E-state index contributed by atoms with van der Waals surface area (Å²) in [4.78, 5) is 23.1. The molecule has 0 bridgehead atoms. The number of pyridine rings is 1. The SMILES string of the molecule is Cc1c(-c2ccc(Cl)cc2Cl)nc2ccccc2c1C(=O)Nc1nc(-c2ccc(C(C)C)cc2)cs1. The Kier molecular flexibility index (Phi) is 6.80. The van der Waals surface area contributed by atoms with Gasteiger partial charge in [-0.3, -0.25) is 10.1 Å². The van der Waals surface area contributed by atoms with Gasteiger partial charge in [-0.25, -0.2) is 9.97 Å². The number of halogens is 2. The van der Waals surface area contributed by atoms with Crippen LogP contribution in [-0.2, 0) is 0 Å². The number of fused-ring (bicyclic) bond motifs is 1. The van der Waals surface area contributed by atoms with Gasteiger partial charge in [-0.2, -0.15) is 0 Å². The van der Waals surface area contributed by atoms with Gasteiger partial charge in [0.15, 0.2) is 5.13 Å². The summed E-state index contributed by atoms with van der Waals surface area (Å²) in [7, 11) is 0. The van der Waals surface area contributed by atoms with Gasteiger partial charge in [0, 0.05) is 26.9 Å². The maximum absolute atomic E-state index is 13.6. The van der Waals surface area contributed by atoms with Gasteiger partial charge in [-0.05, 0) is 48.2 Å². The van der Waals surface area contributed by atoms with Crippen LogP contribution in [0.3, 0.4) is 0 Å². The third kappa shape index (κ3) is 4.74. The highest BCUT2D eigenvalue weighted by molar-refractivity contribution is 7.14. The summed E-state index contributed by atoms with van der Waals surface area (Å²) in [5, 5.41) is 7.28. The van der Waals surface area contributed by atoms with E-state index in [2.05, 4.69) is 48.4 Å². The number of carbonyl (C=O) groups excluding carboxylic acids is 1. The third-order valence-corrected chi connectivity index (χ3v) is 7.45. The third-order valence-electron chi connectivity index (χ3n) is 6.15. The first-order chi connectivity index (χ1) is 17.3. The van der Waals surface area contributed by atoms with Gasteiger partial charge >= 0.3 is 0 Å². The highest BCUT2D eigenvalue weighted by atomic mass is 35.5. The molecule has 0 saturated heterocycles. The lowest BCUT2D eigenvalue weighted by Crippen LogP contribution is -2.15. The molecule has 3 aromatic carbocycles. The zero-order chi connectivity index (χ0) is 25.4. The second-order valence-electron chi connectivity index (χ2n) is 8.87. The zero-order valence-electron chi connectivity index (χ0n) is 20.0. The standard InChI is InChI=1S/C29H23Cl2N3OS/c1-16(2)18-8-10-19(11-9-18)25-15-36-29(33-25)34-28(35)26-17(3)27(21-13-12-20(30)14-23(21)31)32-24-7-5-4-6-22(24)26/h4-16H,1-3H3,(H,33,34,35). The normalized spacial score (nSPS) is 11.3. The van der Waals surface area contributed by atoms with E-state index in [1.165, 1.54) is 16.9 Å². The van der Waals surface area contributed by atoms with Crippen molar-refractivity contribution in [1.29, 1.82) is 0 Å². The Morgan fingerprint density at radius 1 is 0.972 bits per heavy atom. The topological polar surface area (TPSA) is 54.9 Å². The minimum absolute atomic E-state index is 0.242. The number of benzene rings is 3. The lowest BCUT2D eigenvalue weighted by atomic mass is 9.97. The number of amides is 1. The largest absolute Gasteiger partial charge is 0.298 e. The van der Waals surface area contributed by atoms with Crippen molar-refractivity contribution in [1.82, 2.24) is 9.97 Å². The first kappa shape index (κ1) is 24.4. The van der Waals surface area contributed by atoms with Crippen molar-refractivity contribution < 1.29 is 4.79 Å². The minimum atomic E-state index is -0.242. The van der Waals surface area contributed by atoms with E-state index in [9.17, 15) is 4.79 Å². The molecule has 0 radical (unpaired) electrons. The number of carbonyl (C=O) groups is 1. The Morgan fingerprint density at radius 3 is 2.44 bits per heavy atom. The van der Waals surface area contributed by atoms with E-state index in [0.717, 1.165) is 27.8 Å². The lowest BCUT2D eigenvalue weighted by molar-refractivity contribution is 0.102. The molecular formula is C29H23Cl2N3OS. The number of hydrogen-bond donors (Lipinski definition) is 1. The molecule has 0 spiro atoms. The van der Waals surface area contributed by atoms with Gasteiger partial charge in [0.2, 0.25) is 0 Å². The van der Waals surface area contributed by atoms with Crippen molar-refractivity contribution in [3.63, 3.8) is 0 Å². The highest BCUT2D eigenvalue weighted by Crippen LogP contribution is 2.35. The van der Waals surface area contributed by atoms with Crippen LogP contribution in [0.25, 0.3) is 33.4 Å². The molecule has 7 heteroatoms. The van der Waals surface area contributed by atoms with Crippen LogP contribution in [0.1, 0.15) is 41.3 Å². The van der Waals surface area contributed by atoms with Crippen molar-refractivity contribution in [2.75, 3.05) is 5.32 Å². The van der Waals surface area contributed by atoms with Gasteiger partial charge < -0.3 is 0 Å². The number of nitrogens with one attached hydrogen (secondary N) is 1. The molecule has 0 fully saturated rings. The van der Waals surface area contributed by atoms with Gasteiger partial charge in [0.05, 0.1) is 27.5 Å². The molecule has 4 nitrogen and oxygen atoms in total. The average molecular weight is 532 g/mol. The zero-order valence-corrected chi connectivity index (χ0v) is 22.3. The van der Waals surface area contributed by atoms with E-state index in [-0.39, 0.29) is 5.91 Å². The first-order valence-electron chi connectivity index (χ1n) is 11.5. The molecular weight excluding hydrogens is 509 g/mol. The van der Waals surface area contributed by atoms with E-state index >= 15 is 0 Å². The number of hydrogen-bond acceptors (Lipinski definition) is 4. The van der Waals surface area contributed by atoms with E-state index in [1.807, 2.05) is 42.6 Å². The molecule has 1 amide bonds. The van der Waals surface area contributed by atoms with Crippen LogP contribution in [-0.4, -0.2) is 15.9 Å². The van der Waals surface area contributed by atoms with Crippen LogP contribution in [0.2, 0.25) is 10.0 Å². The highest BCUT2D eigenvalue weighted by Gasteiger charge is 2.21. The van der Waals surface area contributed by atoms with Crippen molar-refractivity contribution in [2.45, 2.75) is 26.7 Å². The molecule has 5 aromatic rings. The Labute approximate surface area is 224 Å². The van der Waals surface area contributed by atoms with Crippen molar-refractivity contribution >= 4 is 56.5 Å². The monoisotopic (exact) mass is 531 g/mol. The number of aromatic nitrogens is 2. The van der Waals surface area contributed by atoms with E-state index in [1.54, 1.807) is 12.1 Å². The van der Waals surface area contributed by atoms with Crippen molar-refractivity contribution in [2.24, 2.45) is 0 Å².